The fourth-order valence-corrected chi connectivity index (χ4v) is 2.27. The molecule has 0 saturated carbocycles. The quantitative estimate of drug-likeness (QED) is 0.853. The van der Waals surface area contributed by atoms with E-state index in [-0.39, 0.29) is 6.10 Å². The summed E-state index contributed by atoms with van der Waals surface area (Å²) in [6.07, 6.45) is 1.90. The van der Waals surface area contributed by atoms with Gasteiger partial charge in [0.05, 0.1) is 11.8 Å². The van der Waals surface area contributed by atoms with E-state index in [1.165, 1.54) is 0 Å². The zero-order chi connectivity index (χ0) is 13.0. The van der Waals surface area contributed by atoms with Crippen LogP contribution < -0.4 is 10.5 Å². The number of hydrogen-bond donors (Lipinski definition) is 1. The number of nitrogens with two attached hydrogens (primary N) is 1. The second kappa shape index (κ2) is 5.78. The zero-order valence-electron chi connectivity index (χ0n) is 10.5. The van der Waals surface area contributed by atoms with Crippen molar-refractivity contribution in [1.29, 1.82) is 0 Å². The fraction of sp³-hybridized carbons (Fsp3) is 0.214. The average molecular weight is 260 g/mol. The van der Waals surface area contributed by atoms with Crippen LogP contribution in [0.15, 0.2) is 52.5 Å². The highest BCUT2D eigenvalue weighted by Crippen LogP contribution is 2.32. The number of rotatable bonds is 4. The SMILES string of the molecule is CC(C)Oc1cc(Sc2ccccn2)ccc1N. The summed E-state index contributed by atoms with van der Waals surface area (Å²) in [4.78, 5) is 5.35. The van der Waals surface area contributed by atoms with Gasteiger partial charge in [-0.15, -0.1) is 0 Å². The van der Waals surface area contributed by atoms with E-state index in [1.54, 1.807) is 18.0 Å². The molecule has 4 heteroatoms. The molecule has 2 aromatic rings. The summed E-state index contributed by atoms with van der Waals surface area (Å²) >= 11 is 1.59. The smallest absolute Gasteiger partial charge is 0.143 e. The van der Waals surface area contributed by atoms with Crippen molar-refractivity contribution in [2.75, 3.05) is 5.73 Å². The Kier molecular flexibility index (Phi) is 4.10. The maximum atomic E-state index is 5.88. The van der Waals surface area contributed by atoms with Crippen LogP contribution in [0.1, 0.15) is 13.8 Å². The molecule has 1 aromatic heterocycles. The van der Waals surface area contributed by atoms with Crippen molar-refractivity contribution in [2.24, 2.45) is 0 Å². The Morgan fingerprint density at radius 2 is 2.06 bits per heavy atom. The van der Waals surface area contributed by atoms with E-state index in [0.29, 0.717) is 5.69 Å². The first kappa shape index (κ1) is 12.8. The molecular weight excluding hydrogens is 244 g/mol. The van der Waals surface area contributed by atoms with Crippen LogP contribution in [0.4, 0.5) is 5.69 Å². The van der Waals surface area contributed by atoms with Crippen molar-refractivity contribution < 1.29 is 4.74 Å². The summed E-state index contributed by atoms with van der Waals surface area (Å²) in [5, 5.41) is 0.956. The van der Waals surface area contributed by atoms with Gasteiger partial charge in [0.25, 0.3) is 0 Å². The average Bonchev–Trinajstić information content (AvgIpc) is 2.34. The molecule has 0 bridgehead atoms. The van der Waals surface area contributed by atoms with E-state index in [1.807, 2.05) is 50.2 Å². The summed E-state index contributed by atoms with van der Waals surface area (Å²) in [6.45, 7) is 3.97. The van der Waals surface area contributed by atoms with Crippen molar-refractivity contribution >= 4 is 17.4 Å². The summed E-state index contributed by atoms with van der Waals surface area (Å²) < 4.78 is 5.66. The first-order valence-corrected chi connectivity index (χ1v) is 6.62. The zero-order valence-corrected chi connectivity index (χ0v) is 11.3. The third-order valence-corrected chi connectivity index (χ3v) is 3.15. The molecule has 0 unspecified atom stereocenters. The van der Waals surface area contributed by atoms with E-state index < -0.39 is 0 Å². The van der Waals surface area contributed by atoms with E-state index in [2.05, 4.69) is 4.98 Å². The van der Waals surface area contributed by atoms with Gasteiger partial charge in [-0.1, -0.05) is 17.8 Å². The largest absolute Gasteiger partial charge is 0.489 e. The van der Waals surface area contributed by atoms with Crippen LogP contribution in [0.5, 0.6) is 5.75 Å². The van der Waals surface area contributed by atoms with Crippen molar-refractivity contribution in [2.45, 2.75) is 29.9 Å². The topological polar surface area (TPSA) is 48.1 Å². The molecule has 1 heterocycles. The maximum absolute atomic E-state index is 5.88. The first-order chi connectivity index (χ1) is 8.65. The highest BCUT2D eigenvalue weighted by molar-refractivity contribution is 7.99. The Morgan fingerprint density at radius 1 is 1.22 bits per heavy atom. The summed E-state index contributed by atoms with van der Waals surface area (Å²) in [6, 6.07) is 11.6. The van der Waals surface area contributed by atoms with Crippen LogP contribution >= 0.6 is 11.8 Å². The van der Waals surface area contributed by atoms with Crippen LogP contribution in [0, 0.1) is 0 Å². The Bertz CT molecular complexity index is 514. The third-order valence-electron chi connectivity index (χ3n) is 2.21. The van der Waals surface area contributed by atoms with Crippen LogP contribution in [-0.2, 0) is 0 Å². The highest BCUT2D eigenvalue weighted by atomic mass is 32.2. The van der Waals surface area contributed by atoms with Crippen LogP contribution in [0.3, 0.4) is 0 Å². The minimum absolute atomic E-state index is 0.113. The normalized spacial score (nSPS) is 10.6. The molecule has 0 spiro atoms. The van der Waals surface area contributed by atoms with Gasteiger partial charge in [0.2, 0.25) is 0 Å². The standard InChI is InChI=1S/C14H16N2OS/c1-10(2)17-13-9-11(6-7-12(13)15)18-14-5-3-4-8-16-14/h3-10H,15H2,1-2H3. The Hall–Kier alpha value is -1.68. The lowest BCUT2D eigenvalue weighted by Gasteiger charge is -2.13. The molecule has 2 N–H and O–H groups in total. The lowest BCUT2D eigenvalue weighted by atomic mass is 10.3. The van der Waals surface area contributed by atoms with E-state index in [4.69, 9.17) is 10.5 Å². The fourth-order valence-electron chi connectivity index (χ4n) is 1.46. The lowest BCUT2D eigenvalue weighted by molar-refractivity contribution is 0.243. The minimum Gasteiger partial charge on any atom is -0.489 e. The van der Waals surface area contributed by atoms with Gasteiger partial charge in [0.1, 0.15) is 10.8 Å². The number of aromatic nitrogens is 1. The van der Waals surface area contributed by atoms with Crippen molar-refractivity contribution in [3.8, 4) is 5.75 Å². The molecule has 18 heavy (non-hydrogen) atoms. The molecule has 0 aliphatic rings. The molecule has 0 amide bonds. The van der Waals surface area contributed by atoms with Crippen molar-refractivity contribution in [3.05, 3.63) is 42.6 Å². The van der Waals surface area contributed by atoms with Crippen molar-refractivity contribution in [1.82, 2.24) is 4.98 Å². The second-order valence-electron chi connectivity index (χ2n) is 4.14. The van der Waals surface area contributed by atoms with Gasteiger partial charge < -0.3 is 10.5 Å². The molecule has 0 aliphatic heterocycles. The van der Waals surface area contributed by atoms with Crippen molar-refractivity contribution in [3.63, 3.8) is 0 Å². The molecule has 0 atom stereocenters. The summed E-state index contributed by atoms with van der Waals surface area (Å²) in [5.74, 6) is 0.728. The Labute approximate surface area is 111 Å². The number of anilines is 1. The first-order valence-electron chi connectivity index (χ1n) is 5.80. The van der Waals surface area contributed by atoms with Gasteiger partial charge >= 0.3 is 0 Å². The molecular formula is C14H16N2OS. The van der Waals surface area contributed by atoms with E-state index in [0.717, 1.165) is 15.7 Å². The van der Waals surface area contributed by atoms with Crippen LogP contribution in [0.2, 0.25) is 0 Å². The van der Waals surface area contributed by atoms with Gasteiger partial charge in [-0.05, 0) is 44.2 Å². The molecule has 2 rings (SSSR count). The number of hydrogen-bond acceptors (Lipinski definition) is 4. The minimum atomic E-state index is 0.113. The van der Waals surface area contributed by atoms with Crippen LogP contribution in [-0.4, -0.2) is 11.1 Å². The molecule has 1 aromatic carbocycles. The van der Waals surface area contributed by atoms with E-state index in [9.17, 15) is 0 Å². The van der Waals surface area contributed by atoms with Gasteiger partial charge in [0, 0.05) is 11.1 Å². The molecule has 3 nitrogen and oxygen atoms in total. The third kappa shape index (κ3) is 3.40. The van der Waals surface area contributed by atoms with Crippen LogP contribution in [0.25, 0.3) is 0 Å². The Balaban J connectivity index is 2.19. The number of nitrogen functional groups attached to an aromatic ring is 1. The molecule has 0 radical (unpaired) electrons. The monoisotopic (exact) mass is 260 g/mol. The highest BCUT2D eigenvalue weighted by Gasteiger charge is 2.06. The summed E-state index contributed by atoms with van der Waals surface area (Å²) in [5.41, 5.74) is 6.54. The maximum Gasteiger partial charge on any atom is 0.143 e. The molecule has 0 aliphatic carbocycles. The number of ether oxygens (including phenoxy) is 1. The number of pyridine rings is 1. The molecule has 94 valence electrons. The number of nitrogens with zero attached hydrogens (tertiary/aromatic N) is 1. The van der Waals surface area contributed by atoms with Gasteiger partial charge in [0.15, 0.2) is 0 Å². The summed E-state index contributed by atoms with van der Waals surface area (Å²) in [7, 11) is 0. The molecule has 0 fully saturated rings. The predicted molar refractivity (Wildman–Crippen MR) is 75.0 cm³/mol. The van der Waals surface area contributed by atoms with Gasteiger partial charge in [-0.2, -0.15) is 0 Å². The van der Waals surface area contributed by atoms with Gasteiger partial charge in [-0.3, -0.25) is 0 Å². The predicted octanol–water partition coefficient (Wildman–Crippen LogP) is 3.60. The second-order valence-corrected chi connectivity index (χ2v) is 5.23. The van der Waals surface area contributed by atoms with Gasteiger partial charge in [-0.25, -0.2) is 4.98 Å². The Morgan fingerprint density at radius 3 is 2.72 bits per heavy atom. The number of benzene rings is 1. The lowest BCUT2D eigenvalue weighted by Crippen LogP contribution is -2.07. The molecule has 0 saturated heterocycles. The van der Waals surface area contributed by atoms with E-state index >= 15 is 0 Å².